The number of ether oxygens (including phenoxy) is 1. The molecule has 2 N–H and O–H groups in total. The summed E-state index contributed by atoms with van der Waals surface area (Å²) in [5.74, 6) is -0.0937. The molecule has 2 aromatic rings. The Labute approximate surface area is 142 Å². The molecule has 24 heavy (non-hydrogen) atoms. The van der Waals surface area contributed by atoms with Gasteiger partial charge in [0.2, 0.25) is 5.91 Å². The van der Waals surface area contributed by atoms with Crippen LogP contribution in [0.1, 0.15) is 29.2 Å². The molecule has 2 atom stereocenters. The third-order valence-electron chi connectivity index (χ3n) is 4.31. The maximum atomic E-state index is 12.2. The monoisotopic (exact) mass is 325 g/mol. The Morgan fingerprint density at radius 3 is 2.75 bits per heavy atom. The second-order valence-corrected chi connectivity index (χ2v) is 6.16. The number of aliphatic hydroxyl groups excluding tert-OH is 1. The van der Waals surface area contributed by atoms with Gasteiger partial charge in [0.15, 0.2) is 0 Å². The van der Waals surface area contributed by atoms with Gasteiger partial charge < -0.3 is 15.2 Å². The third-order valence-corrected chi connectivity index (χ3v) is 4.31. The highest BCUT2D eigenvalue weighted by Gasteiger charge is 2.23. The lowest BCUT2D eigenvalue weighted by Gasteiger charge is -2.25. The Bertz CT molecular complexity index is 672. The molecule has 0 bridgehead atoms. The van der Waals surface area contributed by atoms with Crippen LogP contribution in [0.3, 0.4) is 0 Å². The van der Waals surface area contributed by atoms with Crippen LogP contribution in [-0.4, -0.2) is 30.3 Å². The summed E-state index contributed by atoms with van der Waals surface area (Å²) in [7, 11) is 0. The molecule has 4 heteroatoms. The summed E-state index contributed by atoms with van der Waals surface area (Å²) >= 11 is 0. The van der Waals surface area contributed by atoms with Gasteiger partial charge in [0.1, 0.15) is 0 Å². The summed E-state index contributed by atoms with van der Waals surface area (Å²) in [4.78, 5) is 12.2. The minimum absolute atomic E-state index is 0.0937. The first-order chi connectivity index (χ1) is 11.7. The van der Waals surface area contributed by atoms with Crippen molar-refractivity contribution in [1.82, 2.24) is 5.32 Å². The lowest BCUT2D eigenvalue weighted by molar-refractivity contribution is -0.124. The van der Waals surface area contributed by atoms with E-state index in [0.29, 0.717) is 13.0 Å². The van der Waals surface area contributed by atoms with Gasteiger partial charge >= 0.3 is 0 Å². The molecule has 0 saturated heterocycles. The zero-order valence-corrected chi connectivity index (χ0v) is 13.7. The van der Waals surface area contributed by atoms with Crippen LogP contribution in [0.15, 0.2) is 54.6 Å². The number of carbonyl (C=O) groups excluding carboxylic acids is 1. The topological polar surface area (TPSA) is 58.6 Å². The van der Waals surface area contributed by atoms with Gasteiger partial charge in [-0.05, 0) is 23.1 Å². The number of nitrogens with one attached hydrogen (secondary N) is 1. The van der Waals surface area contributed by atoms with Crippen LogP contribution in [-0.2, 0) is 22.4 Å². The number of aliphatic hydroxyl groups is 1. The fraction of sp³-hybridized carbons (Fsp3) is 0.350. The minimum Gasteiger partial charge on any atom is -0.391 e. The molecule has 1 aliphatic rings. The second kappa shape index (κ2) is 8.08. The Morgan fingerprint density at radius 2 is 1.92 bits per heavy atom. The summed E-state index contributed by atoms with van der Waals surface area (Å²) in [6.07, 6.45) is 0.931. The molecule has 3 rings (SSSR count). The number of hydrogen-bond donors (Lipinski definition) is 2. The van der Waals surface area contributed by atoms with Gasteiger partial charge in [-0.15, -0.1) is 0 Å². The molecule has 0 radical (unpaired) electrons. The summed E-state index contributed by atoms with van der Waals surface area (Å²) in [5, 5.41) is 12.9. The summed E-state index contributed by atoms with van der Waals surface area (Å²) in [5.41, 5.74) is 3.41. The molecule has 0 fully saturated rings. The molecule has 4 nitrogen and oxygen atoms in total. The van der Waals surface area contributed by atoms with E-state index in [0.717, 1.165) is 17.5 Å². The number of benzene rings is 2. The van der Waals surface area contributed by atoms with Gasteiger partial charge in [0.05, 0.1) is 25.2 Å². The average Bonchev–Trinajstić information content (AvgIpc) is 2.61. The molecular weight excluding hydrogens is 302 g/mol. The molecule has 0 spiro atoms. The van der Waals surface area contributed by atoms with Crippen molar-refractivity contribution < 1.29 is 14.6 Å². The van der Waals surface area contributed by atoms with Crippen molar-refractivity contribution in [2.24, 2.45) is 0 Å². The van der Waals surface area contributed by atoms with Crippen molar-refractivity contribution in [2.75, 3.05) is 13.2 Å². The van der Waals surface area contributed by atoms with Gasteiger partial charge in [-0.25, -0.2) is 0 Å². The van der Waals surface area contributed by atoms with Gasteiger partial charge in [0.25, 0.3) is 0 Å². The third kappa shape index (κ3) is 4.43. The maximum Gasteiger partial charge on any atom is 0.223 e. The van der Waals surface area contributed by atoms with E-state index in [4.69, 9.17) is 4.74 Å². The smallest absolute Gasteiger partial charge is 0.223 e. The van der Waals surface area contributed by atoms with E-state index < -0.39 is 6.10 Å². The van der Waals surface area contributed by atoms with Crippen LogP contribution < -0.4 is 5.32 Å². The first kappa shape index (κ1) is 16.7. The number of fused-ring (bicyclic) bond motifs is 1. The first-order valence-corrected chi connectivity index (χ1v) is 8.40. The molecular formula is C20H23NO3. The van der Waals surface area contributed by atoms with Gasteiger partial charge in [-0.2, -0.15) is 0 Å². The molecule has 1 aliphatic heterocycles. The molecule has 0 aromatic heterocycles. The standard InChI is InChI=1S/C20H23NO3/c22-17(12-15-6-2-1-3-7-15)14-21-20(23)13-19-18-9-5-4-8-16(18)10-11-24-19/h1-9,17,19,22H,10-14H2,(H,21,23)/t17-,19+/m0/s1. The van der Waals surface area contributed by atoms with E-state index in [9.17, 15) is 9.90 Å². The number of hydrogen-bond acceptors (Lipinski definition) is 3. The number of rotatable bonds is 6. The largest absolute Gasteiger partial charge is 0.391 e. The van der Waals surface area contributed by atoms with Crippen molar-refractivity contribution in [2.45, 2.75) is 31.5 Å². The van der Waals surface area contributed by atoms with Crippen molar-refractivity contribution in [3.05, 3.63) is 71.3 Å². The molecule has 1 heterocycles. The first-order valence-electron chi connectivity index (χ1n) is 8.40. The molecule has 2 aromatic carbocycles. The minimum atomic E-state index is -0.587. The van der Waals surface area contributed by atoms with Crippen LogP contribution in [0.2, 0.25) is 0 Å². The van der Waals surface area contributed by atoms with E-state index in [1.54, 1.807) is 0 Å². The van der Waals surface area contributed by atoms with E-state index in [2.05, 4.69) is 11.4 Å². The SMILES string of the molecule is O=C(C[C@H]1OCCc2ccccc21)NC[C@@H](O)Cc1ccccc1. The van der Waals surface area contributed by atoms with Crippen LogP contribution in [0.25, 0.3) is 0 Å². The summed E-state index contributed by atoms with van der Waals surface area (Å²) < 4.78 is 5.75. The van der Waals surface area contributed by atoms with Crippen molar-refractivity contribution in [3.8, 4) is 0 Å². The highest BCUT2D eigenvalue weighted by molar-refractivity contribution is 5.76. The van der Waals surface area contributed by atoms with E-state index in [1.807, 2.05) is 48.5 Å². The molecule has 0 saturated carbocycles. The molecule has 0 unspecified atom stereocenters. The average molecular weight is 325 g/mol. The summed E-state index contributed by atoms with van der Waals surface area (Å²) in [6, 6.07) is 17.9. The number of amides is 1. The van der Waals surface area contributed by atoms with Crippen LogP contribution >= 0.6 is 0 Å². The van der Waals surface area contributed by atoms with Gasteiger partial charge in [-0.3, -0.25) is 4.79 Å². The lowest BCUT2D eigenvalue weighted by atomic mass is 9.95. The van der Waals surface area contributed by atoms with Gasteiger partial charge in [-0.1, -0.05) is 54.6 Å². The van der Waals surface area contributed by atoms with Crippen molar-refractivity contribution in [1.29, 1.82) is 0 Å². The fourth-order valence-electron chi connectivity index (χ4n) is 3.08. The lowest BCUT2D eigenvalue weighted by Crippen LogP contribution is -2.34. The van der Waals surface area contributed by atoms with Crippen LogP contribution in [0.4, 0.5) is 0 Å². The molecule has 0 aliphatic carbocycles. The normalized spacial score (nSPS) is 17.8. The Hall–Kier alpha value is -2.17. The highest BCUT2D eigenvalue weighted by Crippen LogP contribution is 2.29. The quantitative estimate of drug-likeness (QED) is 0.857. The molecule has 1 amide bonds. The zero-order valence-electron chi connectivity index (χ0n) is 13.7. The van der Waals surface area contributed by atoms with E-state index in [1.165, 1.54) is 5.56 Å². The predicted octanol–water partition coefficient (Wildman–Crippen LogP) is 2.41. The van der Waals surface area contributed by atoms with E-state index >= 15 is 0 Å². The van der Waals surface area contributed by atoms with Crippen LogP contribution in [0, 0.1) is 0 Å². The fourth-order valence-corrected chi connectivity index (χ4v) is 3.08. The second-order valence-electron chi connectivity index (χ2n) is 6.16. The van der Waals surface area contributed by atoms with Crippen LogP contribution in [0.5, 0.6) is 0 Å². The van der Waals surface area contributed by atoms with Crippen molar-refractivity contribution >= 4 is 5.91 Å². The van der Waals surface area contributed by atoms with Crippen molar-refractivity contribution in [3.63, 3.8) is 0 Å². The zero-order chi connectivity index (χ0) is 16.8. The Morgan fingerprint density at radius 1 is 1.17 bits per heavy atom. The van der Waals surface area contributed by atoms with Gasteiger partial charge in [0, 0.05) is 13.0 Å². The summed E-state index contributed by atoms with van der Waals surface area (Å²) in [6.45, 7) is 0.897. The van der Waals surface area contributed by atoms with E-state index in [-0.39, 0.29) is 25.0 Å². The Kier molecular flexibility index (Phi) is 5.62. The maximum absolute atomic E-state index is 12.2. The highest BCUT2D eigenvalue weighted by atomic mass is 16.5. The predicted molar refractivity (Wildman–Crippen MR) is 92.6 cm³/mol. The Balaban J connectivity index is 1.48. The molecule has 126 valence electrons. The number of carbonyl (C=O) groups is 1.